The molecule has 0 radical (unpaired) electrons. The fraction of sp³-hybridized carbons (Fsp3) is 0.200. The second-order valence-corrected chi connectivity index (χ2v) is 4.28. The zero-order chi connectivity index (χ0) is 14.4. The number of hydrogen-bond acceptors (Lipinski definition) is 4. The summed E-state index contributed by atoms with van der Waals surface area (Å²) in [7, 11) is 0. The summed E-state index contributed by atoms with van der Waals surface area (Å²) in [6, 6.07) is 13.8. The van der Waals surface area contributed by atoms with Crippen molar-refractivity contribution < 1.29 is 9.66 Å². The molecule has 0 aromatic heterocycles. The minimum Gasteiger partial charge on any atom is -0.457 e. The van der Waals surface area contributed by atoms with Crippen LogP contribution in [0.15, 0.2) is 48.5 Å². The summed E-state index contributed by atoms with van der Waals surface area (Å²) in [4.78, 5) is 10.1. The first-order chi connectivity index (χ1) is 9.69. The van der Waals surface area contributed by atoms with E-state index in [1.54, 1.807) is 12.1 Å². The number of nitrogens with zero attached hydrogens (tertiary/aromatic N) is 1. The van der Waals surface area contributed by atoms with Gasteiger partial charge in [0, 0.05) is 18.7 Å². The Morgan fingerprint density at radius 2 is 1.60 bits per heavy atom. The van der Waals surface area contributed by atoms with E-state index in [4.69, 9.17) is 4.74 Å². The number of ether oxygens (including phenoxy) is 1. The van der Waals surface area contributed by atoms with Crippen molar-refractivity contribution in [3.8, 4) is 11.5 Å². The van der Waals surface area contributed by atoms with Crippen LogP contribution >= 0.6 is 0 Å². The number of non-ortho nitro benzene ring substituents is 1. The van der Waals surface area contributed by atoms with Gasteiger partial charge in [-0.15, -0.1) is 0 Å². The average Bonchev–Trinajstić information content (AvgIpc) is 2.47. The van der Waals surface area contributed by atoms with Gasteiger partial charge in [0.15, 0.2) is 0 Å². The Morgan fingerprint density at radius 1 is 1.05 bits per heavy atom. The standard InChI is InChI=1S/C15H16N2O3/c1-2-16-11-12-3-7-14(8-4-12)20-15-9-5-13(6-10-15)17(18)19/h3-10,16H,2,11H2,1H3. The van der Waals surface area contributed by atoms with Gasteiger partial charge in [-0.2, -0.15) is 0 Å². The Hall–Kier alpha value is -2.40. The molecule has 0 unspecified atom stereocenters. The number of rotatable bonds is 6. The van der Waals surface area contributed by atoms with Crippen molar-refractivity contribution in [1.82, 2.24) is 5.32 Å². The summed E-state index contributed by atoms with van der Waals surface area (Å²) in [5.74, 6) is 1.29. The van der Waals surface area contributed by atoms with E-state index in [1.807, 2.05) is 24.3 Å². The van der Waals surface area contributed by atoms with Crippen LogP contribution in [0.2, 0.25) is 0 Å². The summed E-state index contributed by atoms with van der Waals surface area (Å²) in [5.41, 5.74) is 1.24. The van der Waals surface area contributed by atoms with Crippen molar-refractivity contribution >= 4 is 5.69 Å². The van der Waals surface area contributed by atoms with Gasteiger partial charge in [-0.25, -0.2) is 0 Å². The molecule has 0 heterocycles. The van der Waals surface area contributed by atoms with E-state index in [0.29, 0.717) is 11.5 Å². The van der Waals surface area contributed by atoms with Crippen LogP contribution in [0.25, 0.3) is 0 Å². The van der Waals surface area contributed by atoms with Gasteiger partial charge in [0.2, 0.25) is 0 Å². The van der Waals surface area contributed by atoms with Crippen LogP contribution < -0.4 is 10.1 Å². The molecule has 0 atom stereocenters. The lowest BCUT2D eigenvalue weighted by Gasteiger charge is -2.07. The van der Waals surface area contributed by atoms with Crippen molar-refractivity contribution in [3.05, 3.63) is 64.2 Å². The van der Waals surface area contributed by atoms with Crippen LogP contribution in [0.3, 0.4) is 0 Å². The van der Waals surface area contributed by atoms with Gasteiger partial charge >= 0.3 is 0 Å². The summed E-state index contributed by atoms with van der Waals surface area (Å²) >= 11 is 0. The Bertz CT molecular complexity index is 565. The quantitative estimate of drug-likeness (QED) is 0.645. The first-order valence-electron chi connectivity index (χ1n) is 6.41. The second kappa shape index (κ2) is 6.68. The molecular weight excluding hydrogens is 256 g/mol. The zero-order valence-electron chi connectivity index (χ0n) is 11.2. The van der Waals surface area contributed by atoms with Gasteiger partial charge in [0.05, 0.1) is 4.92 Å². The fourth-order valence-corrected chi connectivity index (χ4v) is 1.72. The summed E-state index contributed by atoms with van der Waals surface area (Å²) in [6.45, 7) is 3.82. The first-order valence-corrected chi connectivity index (χ1v) is 6.41. The van der Waals surface area contributed by atoms with Gasteiger partial charge in [-0.05, 0) is 36.4 Å². The molecule has 0 bridgehead atoms. The fourth-order valence-electron chi connectivity index (χ4n) is 1.72. The van der Waals surface area contributed by atoms with Crippen molar-refractivity contribution in [3.63, 3.8) is 0 Å². The lowest BCUT2D eigenvalue weighted by molar-refractivity contribution is -0.384. The van der Waals surface area contributed by atoms with Crippen LogP contribution in [0.4, 0.5) is 5.69 Å². The maximum absolute atomic E-state index is 10.6. The van der Waals surface area contributed by atoms with Crippen LogP contribution in [-0.2, 0) is 6.54 Å². The SMILES string of the molecule is CCNCc1ccc(Oc2ccc([N+](=O)[O-])cc2)cc1. The Kier molecular flexibility index (Phi) is 4.68. The lowest BCUT2D eigenvalue weighted by Crippen LogP contribution is -2.11. The molecule has 0 aliphatic heterocycles. The Balaban J connectivity index is 2.00. The normalized spacial score (nSPS) is 10.2. The lowest BCUT2D eigenvalue weighted by atomic mass is 10.2. The molecule has 5 nitrogen and oxygen atoms in total. The molecule has 2 aromatic carbocycles. The van der Waals surface area contributed by atoms with Gasteiger partial charge in [0.25, 0.3) is 5.69 Å². The molecule has 0 spiro atoms. The molecule has 0 fully saturated rings. The van der Waals surface area contributed by atoms with E-state index in [2.05, 4.69) is 12.2 Å². The van der Waals surface area contributed by atoms with Crippen LogP contribution in [0, 0.1) is 10.1 Å². The molecule has 0 amide bonds. The van der Waals surface area contributed by atoms with Crippen LogP contribution in [0.1, 0.15) is 12.5 Å². The number of benzene rings is 2. The van der Waals surface area contributed by atoms with E-state index >= 15 is 0 Å². The smallest absolute Gasteiger partial charge is 0.269 e. The van der Waals surface area contributed by atoms with E-state index < -0.39 is 4.92 Å². The molecule has 2 rings (SSSR count). The van der Waals surface area contributed by atoms with Crippen molar-refractivity contribution in [1.29, 1.82) is 0 Å². The van der Waals surface area contributed by atoms with Crippen molar-refractivity contribution in [2.24, 2.45) is 0 Å². The highest BCUT2D eigenvalue weighted by Gasteiger charge is 2.05. The van der Waals surface area contributed by atoms with Crippen LogP contribution in [-0.4, -0.2) is 11.5 Å². The molecule has 2 aromatic rings. The number of nitro benzene ring substituents is 1. The third-order valence-electron chi connectivity index (χ3n) is 2.79. The number of nitrogens with one attached hydrogen (secondary N) is 1. The maximum atomic E-state index is 10.6. The predicted molar refractivity (Wildman–Crippen MR) is 77.0 cm³/mol. The summed E-state index contributed by atoms with van der Waals surface area (Å²) in [6.07, 6.45) is 0. The van der Waals surface area contributed by atoms with E-state index in [0.717, 1.165) is 13.1 Å². The zero-order valence-corrected chi connectivity index (χ0v) is 11.2. The third kappa shape index (κ3) is 3.80. The summed E-state index contributed by atoms with van der Waals surface area (Å²) < 4.78 is 5.63. The van der Waals surface area contributed by atoms with Gasteiger partial charge in [-0.1, -0.05) is 19.1 Å². The van der Waals surface area contributed by atoms with E-state index in [9.17, 15) is 10.1 Å². The topological polar surface area (TPSA) is 64.4 Å². The molecule has 20 heavy (non-hydrogen) atoms. The van der Waals surface area contributed by atoms with E-state index in [-0.39, 0.29) is 5.69 Å². The molecule has 104 valence electrons. The molecule has 0 aliphatic rings. The minimum atomic E-state index is -0.431. The van der Waals surface area contributed by atoms with Crippen molar-refractivity contribution in [2.45, 2.75) is 13.5 Å². The first kappa shape index (κ1) is 14.0. The Labute approximate surface area is 117 Å². The third-order valence-corrected chi connectivity index (χ3v) is 2.79. The van der Waals surface area contributed by atoms with Gasteiger partial charge in [0.1, 0.15) is 11.5 Å². The molecule has 0 saturated carbocycles. The predicted octanol–water partition coefficient (Wildman–Crippen LogP) is 3.50. The van der Waals surface area contributed by atoms with E-state index in [1.165, 1.54) is 17.7 Å². The number of nitro groups is 1. The monoisotopic (exact) mass is 272 g/mol. The highest BCUT2D eigenvalue weighted by molar-refractivity contribution is 5.39. The largest absolute Gasteiger partial charge is 0.457 e. The summed E-state index contributed by atoms with van der Waals surface area (Å²) in [5, 5.41) is 13.8. The van der Waals surface area contributed by atoms with Gasteiger partial charge < -0.3 is 10.1 Å². The average molecular weight is 272 g/mol. The highest BCUT2D eigenvalue weighted by Crippen LogP contribution is 2.23. The number of hydrogen-bond donors (Lipinski definition) is 1. The minimum absolute atomic E-state index is 0.0540. The van der Waals surface area contributed by atoms with Crippen LogP contribution in [0.5, 0.6) is 11.5 Å². The molecular formula is C15H16N2O3. The van der Waals surface area contributed by atoms with Gasteiger partial charge in [-0.3, -0.25) is 10.1 Å². The Morgan fingerprint density at radius 3 is 2.10 bits per heavy atom. The molecule has 1 N–H and O–H groups in total. The molecule has 0 aliphatic carbocycles. The molecule has 5 heteroatoms. The molecule has 0 saturated heterocycles. The van der Waals surface area contributed by atoms with Crippen molar-refractivity contribution in [2.75, 3.05) is 6.54 Å². The highest BCUT2D eigenvalue weighted by atomic mass is 16.6. The maximum Gasteiger partial charge on any atom is 0.269 e. The second-order valence-electron chi connectivity index (χ2n) is 4.28.